The first-order valence-electron chi connectivity index (χ1n) is 4.45. The van der Waals surface area contributed by atoms with Crippen LogP contribution < -0.4 is 0 Å². The van der Waals surface area contributed by atoms with E-state index in [1.165, 1.54) is 11.3 Å². The molecule has 68 valence electrons. The fraction of sp³-hybridized carbons (Fsp3) is 0.600. The second-order valence-corrected chi connectivity index (χ2v) is 2.99. The van der Waals surface area contributed by atoms with E-state index in [0.29, 0.717) is 0 Å². The van der Waals surface area contributed by atoms with Crippen LogP contribution in [0.1, 0.15) is 26.2 Å². The smallest absolute Gasteiger partial charge is 0.0638 e. The topological polar surface area (TPSA) is 12.5 Å². The number of hydroxylamine groups is 2. The highest BCUT2D eigenvalue weighted by atomic mass is 16.7. The van der Waals surface area contributed by atoms with Crippen molar-refractivity contribution in [3.63, 3.8) is 0 Å². The largest absolute Gasteiger partial charge is 0.277 e. The van der Waals surface area contributed by atoms with Crippen molar-refractivity contribution in [2.24, 2.45) is 0 Å². The molecular formula is C10H17NO. The van der Waals surface area contributed by atoms with E-state index >= 15 is 0 Å². The molecule has 1 aliphatic carbocycles. The Labute approximate surface area is 74.5 Å². The Kier molecular flexibility index (Phi) is 3.35. The molecule has 2 nitrogen and oxygen atoms in total. The minimum Gasteiger partial charge on any atom is -0.277 e. The second kappa shape index (κ2) is 4.31. The highest BCUT2D eigenvalue weighted by Gasteiger charge is 2.07. The molecule has 0 aromatic heterocycles. The molecule has 0 N–H and O–H groups in total. The van der Waals surface area contributed by atoms with Crippen LogP contribution in [0.25, 0.3) is 0 Å². The predicted molar refractivity (Wildman–Crippen MR) is 50.5 cm³/mol. The molecule has 0 amide bonds. The van der Waals surface area contributed by atoms with Gasteiger partial charge in [0.15, 0.2) is 0 Å². The zero-order chi connectivity index (χ0) is 8.97. The zero-order valence-electron chi connectivity index (χ0n) is 8.13. The average molecular weight is 167 g/mol. The van der Waals surface area contributed by atoms with Crippen LogP contribution in [0.4, 0.5) is 0 Å². The normalized spacial score (nSPS) is 16.9. The van der Waals surface area contributed by atoms with Crippen molar-refractivity contribution >= 4 is 0 Å². The van der Waals surface area contributed by atoms with Crippen LogP contribution in [0.15, 0.2) is 23.4 Å². The fourth-order valence-corrected chi connectivity index (χ4v) is 1.36. The van der Waals surface area contributed by atoms with Gasteiger partial charge in [-0.3, -0.25) is 9.90 Å². The summed E-state index contributed by atoms with van der Waals surface area (Å²) >= 11 is 0. The van der Waals surface area contributed by atoms with Crippen molar-refractivity contribution in [1.29, 1.82) is 0 Å². The molecule has 0 radical (unpaired) electrons. The summed E-state index contributed by atoms with van der Waals surface area (Å²) in [7, 11) is 3.65. The summed E-state index contributed by atoms with van der Waals surface area (Å²) in [6, 6.07) is 0. The van der Waals surface area contributed by atoms with Crippen LogP contribution in [-0.4, -0.2) is 19.2 Å². The lowest BCUT2D eigenvalue weighted by atomic mass is 10.0. The quantitative estimate of drug-likeness (QED) is 0.599. The Morgan fingerprint density at radius 2 is 2.33 bits per heavy atom. The van der Waals surface area contributed by atoms with Crippen molar-refractivity contribution in [2.75, 3.05) is 14.2 Å². The minimum atomic E-state index is 1.09. The first-order valence-corrected chi connectivity index (χ1v) is 4.45. The molecule has 0 unspecified atom stereocenters. The Balaban J connectivity index is 2.65. The summed E-state index contributed by atoms with van der Waals surface area (Å²) in [6.07, 6.45) is 7.86. The van der Waals surface area contributed by atoms with Crippen LogP contribution >= 0.6 is 0 Å². The summed E-state index contributed by atoms with van der Waals surface area (Å²) in [6.45, 7) is 2.18. The van der Waals surface area contributed by atoms with Gasteiger partial charge in [0, 0.05) is 12.7 Å². The molecule has 1 rings (SSSR count). The van der Waals surface area contributed by atoms with E-state index in [0.717, 1.165) is 19.3 Å². The number of rotatable bonds is 3. The maximum Gasteiger partial charge on any atom is 0.0638 e. The molecule has 0 bridgehead atoms. The molecule has 0 atom stereocenters. The molecule has 0 heterocycles. The minimum absolute atomic E-state index is 1.09. The predicted octanol–water partition coefficient (Wildman–Crippen LogP) is 2.49. The summed E-state index contributed by atoms with van der Waals surface area (Å²) in [5, 5.41) is 1.84. The fourth-order valence-electron chi connectivity index (χ4n) is 1.36. The van der Waals surface area contributed by atoms with Gasteiger partial charge < -0.3 is 0 Å². The van der Waals surface area contributed by atoms with Gasteiger partial charge in [0.25, 0.3) is 0 Å². The number of allylic oxidation sites excluding steroid dienone is 4. The highest BCUT2D eigenvalue weighted by molar-refractivity contribution is 5.26. The monoisotopic (exact) mass is 167 g/mol. The molecule has 0 saturated carbocycles. The Morgan fingerprint density at radius 1 is 1.58 bits per heavy atom. The van der Waals surface area contributed by atoms with Gasteiger partial charge in [-0.2, -0.15) is 0 Å². The standard InChI is InChI=1S/C10H17NO/c1-4-9-6-5-7-10(8-9)11(2)12-3/h6,8H,4-5,7H2,1-3H3. The molecule has 0 saturated heterocycles. The van der Waals surface area contributed by atoms with Gasteiger partial charge in [-0.1, -0.05) is 18.6 Å². The van der Waals surface area contributed by atoms with Crippen LogP contribution in [0.3, 0.4) is 0 Å². The summed E-state index contributed by atoms with van der Waals surface area (Å²) in [5.74, 6) is 0. The lowest BCUT2D eigenvalue weighted by Gasteiger charge is -2.22. The van der Waals surface area contributed by atoms with E-state index in [4.69, 9.17) is 4.84 Å². The van der Waals surface area contributed by atoms with Crippen molar-refractivity contribution in [3.8, 4) is 0 Å². The molecular weight excluding hydrogens is 150 g/mol. The Bertz CT molecular complexity index is 206. The van der Waals surface area contributed by atoms with Gasteiger partial charge in [-0.25, -0.2) is 0 Å². The molecule has 1 aliphatic rings. The number of hydrogen-bond donors (Lipinski definition) is 0. The average Bonchev–Trinajstić information content (AvgIpc) is 2.17. The molecule has 0 aromatic rings. The molecule has 12 heavy (non-hydrogen) atoms. The van der Waals surface area contributed by atoms with E-state index < -0.39 is 0 Å². The highest BCUT2D eigenvalue weighted by Crippen LogP contribution is 2.21. The van der Waals surface area contributed by atoms with Gasteiger partial charge >= 0.3 is 0 Å². The molecule has 0 spiro atoms. The molecule has 0 aromatic carbocycles. The summed E-state index contributed by atoms with van der Waals surface area (Å²) in [4.78, 5) is 5.12. The van der Waals surface area contributed by atoms with Crippen molar-refractivity contribution in [2.45, 2.75) is 26.2 Å². The van der Waals surface area contributed by atoms with E-state index in [2.05, 4.69) is 19.1 Å². The first-order chi connectivity index (χ1) is 5.77. The van der Waals surface area contributed by atoms with Crippen molar-refractivity contribution in [1.82, 2.24) is 5.06 Å². The Morgan fingerprint density at radius 3 is 2.92 bits per heavy atom. The lowest BCUT2D eigenvalue weighted by molar-refractivity contribution is -0.0801. The zero-order valence-corrected chi connectivity index (χ0v) is 8.13. The molecule has 0 fully saturated rings. The second-order valence-electron chi connectivity index (χ2n) is 2.99. The van der Waals surface area contributed by atoms with Gasteiger partial charge in [-0.05, 0) is 25.3 Å². The summed E-state index contributed by atoms with van der Waals surface area (Å²) in [5.41, 5.74) is 2.69. The lowest BCUT2D eigenvalue weighted by Crippen LogP contribution is -2.17. The number of nitrogens with zero attached hydrogens (tertiary/aromatic N) is 1. The van der Waals surface area contributed by atoms with Gasteiger partial charge in [0.2, 0.25) is 0 Å². The van der Waals surface area contributed by atoms with E-state index in [1.54, 1.807) is 7.11 Å². The van der Waals surface area contributed by atoms with Crippen LogP contribution in [-0.2, 0) is 4.84 Å². The van der Waals surface area contributed by atoms with Crippen molar-refractivity contribution in [3.05, 3.63) is 23.4 Å². The third-order valence-corrected chi connectivity index (χ3v) is 2.25. The van der Waals surface area contributed by atoms with Gasteiger partial charge in [0.1, 0.15) is 0 Å². The maximum absolute atomic E-state index is 5.12. The third-order valence-electron chi connectivity index (χ3n) is 2.25. The molecule has 2 heteroatoms. The van der Waals surface area contributed by atoms with E-state index in [9.17, 15) is 0 Å². The first kappa shape index (κ1) is 9.33. The molecule has 0 aliphatic heterocycles. The van der Waals surface area contributed by atoms with Gasteiger partial charge in [0.05, 0.1) is 7.11 Å². The van der Waals surface area contributed by atoms with Crippen LogP contribution in [0.5, 0.6) is 0 Å². The van der Waals surface area contributed by atoms with Crippen LogP contribution in [0.2, 0.25) is 0 Å². The van der Waals surface area contributed by atoms with Gasteiger partial charge in [-0.15, -0.1) is 0 Å². The maximum atomic E-state index is 5.12. The van der Waals surface area contributed by atoms with Crippen molar-refractivity contribution < 1.29 is 4.84 Å². The van der Waals surface area contributed by atoms with E-state index in [1.807, 2.05) is 12.1 Å². The SMILES string of the molecule is CCC1=CCCC(N(C)OC)=C1. The Hall–Kier alpha value is -0.760. The summed E-state index contributed by atoms with van der Waals surface area (Å²) < 4.78 is 0. The van der Waals surface area contributed by atoms with E-state index in [-0.39, 0.29) is 0 Å². The third kappa shape index (κ3) is 2.11. The number of hydrogen-bond acceptors (Lipinski definition) is 2. The van der Waals surface area contributed by atoms with Crippen LogP contribution in [0, 0.1) is 0 Å².